The number of aromatic nitrogens is 2. The predicted molar refractivity (Wildman–Crippen MR) is 114 cm³/mol. The summed E-state index contributed by atoms with van der Waals surface area (Å²) in [6.07, 6.45) is 6.98. The van der Waals surface area contributed by atoms with Gasteiger partial charge in [0.1, 0.15) is 17.9 Å². The van der Waals surface area contributed by atoms with Gasteiger partial charge in [0.2, 0.25) is 0 Å². The number of rotatable bonds is 5. The third-order valence-corrected chi connectivity index (χ3v) is 6.85. The molecule has 29 heavy (non-hydrogen) atoms. The van der Waals surface area contributed by atoms with Crippen LogP contribution < -0.4 is 9.64 Å². The maximum Gasteiger partial charge on any atom is 0.135 e. The molecule has 1 aromatic carbocycles. The van der Waals surface area contributed by atoms with Crippen LogP contribution in [0.15, 0.2) is 30.6 Å². The fraction of sp³-hybridized carbons (Fsp3) is 0.565. The summed E-state index contributed by atoms with van der Waals surface area (Å²) in [7, 11) is 1.74. The third-order valence-electron chi connectivity index (χ3n) is 6.85. The Bertz CT molecular complexity index is 845. The van der Waals surface area contributed by atoms with Crippen LogP contribution in [0.4, 0.5) is 5.82 Å². The number of methoxy groups -OCH3 is 1. The Labute approximate surface area is 173 Å². The topological polar surface area (TPSA) is 44.7 Å². The Morgan fingerprint density at radius 2 is 1.86 bits per heavy atom. The lowest BCUT2D eigenvalue weighted by molar-refractivity contribution is 0.120. The summed E-state index contributed by atoms with van der Waals surface area (Å²) in [5.74, 6) is 2.14. The number of hydrogen-bond acceptors (Lipinski definition) is 6. The molecular weight excluding hydrogens is 362 g/mol. The van der Waals surface area contributed by atoms with E-state index in [1.54, 1.807) is 13.4 Å². The SMILES string of the molecule is COc1ccccc1CN1CCc2c(ncnc2N2CCN(C3CCC3)CC2)C1. The molecule has 0 unspecified atom stereocenters. The Kier molecular flexibility index (Phi) is 5.38. The zero-order valence-electron chi connectivity index (χ0n) is 17.4. The average Bonchev–Trinajstić information content (AvgIpc) is 2.73. The van der Waals surface area contributed by atoms with Crippen LogP contribution in [-0.2, 0) is 19.5 Å². The first kappa shape index (κ1) is 18.8. The number of benzene rings is 1. The van der Waals surface area contributed by atoms with Crippen LogP contribution in [-0.4, -0.2) is 65.6 Å². The summed E-state index contributed by atoms with van der Waals surface area (Å²) in [5, 5.41) is 0. The van der Waals surface area contributed by atoms with Crippen LogP contribution in [0.1, 0.15) is 36.1 Å². The molecule has 0 spiro atoms. The van der Waals surface area contributed by atoms with Crippen LogP contribution in [0, 0.1) is 0 Å². The molecule has 3 aliphatic rings. The summed E-state index contributed by atoms with van der Waals surface area (Å²) in [6, 6.07) is 9.15. The number of fused-ring (bicyclic) bond motifs is 1. The molecule has 1 aromatic heterocycles. The number of ether oxygens (including phenoxy) is 1. The number of anilines is 1. The van der Waals surface area contributed by atoms with Crippen molar-refractivity contribution in [1.29, 1.82) is 0 Å². The zero-order chi connectivity index (χ0) is 19.6. The summed E-state index contributed by atoms with van der Waals surface area (Å²) in [5.41, 5.74) is 3.79. The molecule has 1 saturated heterocycles. The molecule has 2 aromatic rings. The molecule has 6 heteroatoms. The first-order valence-electron chi connectivity index (χ1n) is 11.0. The lowest BCUT2D eigenvalue weighted by Crippen LogP contribution is -2.52. The molecule has 154 valence electrons. The van der Waals surface area contributed by atoms with E-state index in [1.165, 1.54) is 55.0 Å². The first-order chi connectivity index (χ1) is 14.3. The second-order valence-corrected chi connectivity index (χ2v) is 8.50. The average molecular weight is 394 g/mol. The molecule has 5 rings (SSSR count). The third kappa shape index (κ3) is 3.83. The van der Waals surface area contributed by atoms with Gasteiger partial charge < -0.3 is 9.64 Å². The van der Waals surface area contributed by atoms with Crippen molar-refractivity contribution < 1.29 is 4.74 Å². The molecule has 0 bridgehead atoms. The molecule has 2 aliphatic heterocycles. The van der Waals surface area contributed by atoms with Gasteiger partial charge in [-0.25, -0.2) is 9.97 Å². The summed E-state index contributed by atoms with van der Waals surface area (Å²) in [6.45, 7) is 7.32. The molecule has 2 fully saturated rings. The second kappa shape index (κ2) is 8.28. The fourth-order valence-corrected chi connectivity index (χ4v) is 4.92. The monoisotopic (exact) mass is 393 g/mol. The Morgan fingerprint density at radius 1 is 1.03 bits per heavy atom. The zero-order valence-corrected chi connectivity index (χ0v) is 17.4. The van der Waals surface area contributed by atoms with Crippen molar-refractivity contribution in [3.05, 3.63) is 47.4 Å². The van der Waals surface area contributed by atoms with E-state index in [4.69, 9.17) is 9.72 Å². The molecule has 0 atom stereocenters. The van der Waals surface area contributed by atoms with Crippen LogP contribution in [0.2, 0.25) is 0 Å². The minimum atomic E-state index is 0.847. The predicted octanol–water partition coefficient (Wildman–Crippen LogP) is 2.72. The van der Waals surface area contributed by atoms with Crippen molar-refractivity contribution in [1.82, 2.24) is 19.8 Å². The molecule has 1 aliphatic carbocycles. The van der Waals surface area contributed by atoms with Crippen molar-refractivity contribution in [3.63, 3.8) is 0 Å². The Balaban J connectivity index is 1.27. The van der Waals surface area contributed by atoms with E-state index in [1.807, 2.05) is 12.1 Å². The molecule has 3 heterocycles. The second-order valence-electron chi connectivity index (χ2n) is 8.50. The summed E-state index contributed by atoms with van der Waals surface area (Å²) >= 11 is 0. The lowest BCUT2D eigenvalue weighted by atomic mass is 9.91. The van der Waals surface area contributed by atoms with Crippen molar-refractivity contribution in [2.75, 3.05) is 44.7 Å². The quantitative estimate of drug-likeness (QED) is 0.778. The lowest BCUT2D eigenvalue weighted by Gasteiger charge is -2.43. The van der Waals surface area contributed by atoms with Gasteiger partial charge >= 0.3 is 0 Å². The van der Waals surface area contributed by atoms with E-state index in [0.29, 0.717) is 0 Å². The highest BCUT2D eigenvalue weighted by Gasteiger charge is 2.30. The van der Waals surface area contributed by atoms with Gasteiger partial charge in [0.15, 0.2) is 0 Å². The highest BCUT2D eigenvalue weighted by Crippen LogP contribution is 2.30. The molecule has 1 saturated carbocycles. The van der Waals surface area contributed by atoms with Crippen LogP contribution in [0.25, 0.3) is 0 Å². The van der Waals surface area contributed by atoms with Crippen molar-refractivity contribution in [2.24, 2.45) is 0 Å². The minimum Gasteiger partial charge on any atom is -0.496 e. The summed E-state index contributed by atoms with van der Waals surface area (Å²) < 4.78 is 5.53. The molecule has 6 nitrogen and oxygen atoms in total. The molecule has 0 radical (unpaired) electrons. The number of para-hydroxylation sites is 1. The van der Waals surface area contributed by atoms with Gasteiger partial charge in [-0.15, -0.1) is 0 Å². The maximum atomic E-state index is 5.53. The van der Waals surface area contributed by atoms with Crippen LogP contribution >= 0.6 is 0 Å². The van der Waals surface area contributed by atoms with Crippen molar-refractivity contribution in [2.45, 2.75) is 44.8 Å². The smallest absolute Gasteiger partial charge is 0.135 e. The standard InChI is InChI=1S/C23H31N5O/c1-29-22-8-3-2-5-18(22)15-26-10-9-20-21(16-26)24-17-25-23(20)28-13-11-27(12-14-28)19-6-4-7-19/h2-3,5,8,17,19H,4,6-7,9-16H2,1H3. The van der Waals surface area contributed by atoms with E-state index in [0.717, 1.165) is 50.9 Å². The van der Waals surface area contributed by atoms with Crippen LogP contribution in [0.3, 0.4) is 0 Å². The van der Waals surface area contributed by atoms with Gasteiger partial charge in [0.25, 0.3) is 0 Å². The molecule has 0 amide bonds. The van der Waals surface area contributed by atoms with Gasteiger partial charge in [0.05, 0.1) is 12.8 Å². The first-order valence-corrected chi connectivity index (χ1v) is 11.0. The van der Waals surface area contributed by atoms with E-state index in [-0.39, 0.29) is 0 Å². The van der Waals surface area contributed by atoms with Crippen LogP contribution in [0.5, 0.6) is 5.75 Å². The fourth-order valence-electron chi connectivity index (χ4n) is 4.92. The number of nitrogens with zero attached hydrogens (tertiary/aromatic N) is 5. The number of piperazine rings is 1. The van der Waals surface area contributed by atoms with Gasteiger partial charge in [-0.05, 0) is 25.3 Å². The molecular formula is C23H31N5O. The van der Waals surface area contributed by atoms with Gasteiger partial charge in [0, 0.05) is 63.0 Å². The normalized spacial score (nSPS) is 20.9. The number of hydrogen-bond donors (Lipinski definition) is 0. The van der Waals surface area contributed by atoms with Crippen molar-refractivity contribution in [3.8, 4) is 5.75 Å². The van der Waals surface area contributed by atoms with E-state index >= 15 is 0 Å². The van der Waals surface area contributed by atoms with Gasteiger partial charge in [-0.2, -0.15) is 0 Å². The highest BCUT2D eigenvalue weighted by atomic mass is 16.5. The maximum absolute atomic E-state index is 5.53. The van der Waals surface area contributed by atoms with E-state index < -0.39 is 0 Å². The molecule has 0 N–H and O–H groups in total. The van der Waals surface area contributed by atoms with E-state index in [9.17, 15) is 0 Å². The van der Waals surface area contributed by atoms with E-state index in [2.05, 4.69) is 31.8 Å². The Morgan fingerprint density at radius 3 is 2.62 bits per heavy atom. The summed E-state index contributed by atoms with van der Waals surface area (Å²) in [4.78, 5) is 17.0. The van der Waals surface area contributed by atoms with Gasteiger partial charge in [-0.3, -0.25) is 9.80 Å². The Hall–Kier alpha value is -2.18. The van der Waals surface area contributed by atoms with Gasteiger partial charge in [-0.1, -0.05) is 24.6 Å². The highest BCUT2D eigenvalue weighted by molar-refractivity contribution is 5.50. The largest absolute Gasteiger partial charge is 0.496 e. The minimum absolute atomic E-state index is 0.847. The van der Waals surface area contributed by atoms with Crippen molar-refractivity contribution >= 4 is 5.82 Å².